The fourth-order valence-electron chi connectivity index (χ4n) is 5.23. The number of rotatable bonds is 5. The lowest BCUT2D eigenvalue weighted by Crippen LogP contribution is -2.25. The molecule has 0 radical (unpaired) electrons. The van der Waals surface area contributed by atoms with E-state index in [0.717, 1.165) is 35.7 Å². The third-order valence-electron chi connectivity index (χ3n) is 7.11. The lowest BCUT2D eigenvalue weighted by atomic mass is 9.69. The summed E-state index contributed by atoms with van der Waals surface area (Å²) in [4.78, 5) is 0. The van der Waals surface area contributed by atoms with Gasteiger partial charge in [0.15, 0.2) is 0 Å². The summed E-state index contributed by atoms with van der Waals surface area (Å²) < 4.78 is 0. The van der Waals surface area contributed by atoms with Crippen LogP contribution >= 0.6 is 0 Å². The predicted molar refractivity (Wildman–Crippen MR) is 118 cm³/mol. The van der Waals surface area contributed by atoms with Gasteiger partial charge in [0.2, 0.25) is 0 Å². The molecule has 0 spiro atoms. The molecule has 2 aliphatic carbocycles. The van der Waals surface area contributed by atoms with E-state index >= 15 is 0 Å². The smallest absolute Gasteiger partial charge is 0.0249 e. The van der Waals surface area contributed by atoms with Gasteiger partial charge in [-0.2, -0.15) is 0 Å². The molecule has 2 fully saturated rings. The molecule has 0 amide bonds. The zero-order chi connectivity index (χ0) is 18.9. The summed E-state index contributed by atoms with van der Waals surface area (Å²) in [7, 11) is 0. The molecule has 0 nitrogen and oxygen atoms in total. The van der Waals surface area contributed by atoms with Crippen molar-refractivity contribution in [1.82, 2.24) is 0 Å². The highest BCUT2D eigenvalue weighted by atomic mass is 14.3. The van der Waals surface area contributed by atoms with Gasteiger partial charge in [0.05, 0.1) is 0 Å². The minimum Gasteiger partial charge on any atom is -0.0730 e. The number of allylic oxidation sites excluding steroid dienone is 2. The molecule has 0 atom stereocenters. The fraction of sp³-hybridized carbons (Fsp3) is 0.630. The summed E-state index contributed by atoms with van der Waals surface area (Å²) in [5.74, 6) is 10.4. The third kappa shape index (κ3) is 6.27. The molecule has 0 bridgehead atoms. The number of benzene rings is 1. The number of hydrogen-bond acceptors (Lipinski definition) is 0. The first-order valence-electron chi connectivity index (χ1n) is 11.6. The van der Waals surface area contributed by atoms with Crippen molar-refractivity contribution in [3.63, 3.8) is 0 Å². The minimum atomic E-state index is 0.759. The Kier molecular flexibility index (Phi) is 8.07. The average Bonchev–Trinajstić information content (AvgIpc) is 2.73. The van der Waals surface area contributed by atoms with Gasteiger partial charge >= 0.3 is 0 Å². The van der Waals surface area contributed by atoms with Gasteiger partial charge in [-0.3, -0.25) is 0 Å². The van der Waals surface area contributed by atoms with Gasteiger partial charge in [-0.1, -0.05) is 69.6 Å². The first-order valence-corrected chi connectivity index (χ1v) is 11.6. The topological polar surface area (TPSA) is 0 Å². The first-order chi connectivity index (χ1) is 13.3. The molecule has 0 N–H and O–H groups in total. The largest absolute Gasteiger partial charge is 0.0730 e. The van der Waals surface area contributed by atoms with Crippen molar-refractivity contribution in [3.05, 3.63) is 47.5 Å². The molecule has 1 aromatic rings. The maximum Gasteiger partial charge on any atom is 0.0249 e. The Bertz CT molecular complexity index is 623. The average molecular weight is 363 g/mol. The molecular weight excluding hydrogens is 324 g/mol. The van der Waals surface area contributed by atoms with E-state index in [1.807, 2.05) is 0 Å². The molecule has 0 heterocycles. The Morgan fingerprint density at radius 2 is 1.48 bits per heavy atom. The Hall–Kier alpha value is -1.48. The Morgan fingerprint density at radius 1 is 0.852 bits per heavy atom. The quantitative estimate of drug-likeness (QED) is 0.474. The van der Waals surface area contributed by atoms with E-state index in [9.17, 15) is 0 Å². The van der Waals surface area contributed by atoms with Crippen molar-refractivity contribution in [2.75, 3.05) is 0 Å². The van der Waals surface area contributed by atoms with Gasteiger partial charge < -0.3 is 0 Å². The molecule has 146 valence electrons. The van der Waals surface area contributed by atoms with Crippen LogP contribution in [0.4, 0.5) is 0 Å². The molecule has 0 unspecified atom stereocenters. The summed E-state index contributed by atoms with van der Waals surface area (Å²) in [6.07, 6.45) is 19.9. The Balaban J connectivity index is 1.40. The maximum absolute atomic E-state index is 3.29. The van der Waals surface area contributed by atoms with Gasteiger partial charge in [-0.05, 0) is 92.4 Å². The summed E-state index contributed by atoms with van der Waals surface area (Å²) in [5.41, 5.74) is 2.55. The second kappa shape index (κ2) is 10.8. The van der Waals surface area contributed by atoms with Crippen molar-refractivity contribution >= 4 is 0 Å². The zero-order valence-electron chi connectivity index (χ0n) is 17.6. The van der Waals surface area contributed by atoms with E-state index in [4.69, 9.17) is 0 Å². The van der Waals surface area contributed by atoms with Crippen LogP contribution in [0.15, 0.2) is 36.4 Å². The van der Waals surface area contributed by atoms with E-state index in [1.165, 1.54) is 69.8 Å². The fourth-order valence-corrected chi connectivity index (χ4v) is 5.23. The molecule has 0 aliphatic heterocycles. The van der Waals surface area contributed by atoms with Gasteiger partial charge in [-0.15, -0.1) is 0 Å². The van der Waals surface area contributed by atoms with E-state index in [-0.39, 0.29) is 0 Å². The molecule has 27 heavy (non-hydrogen) atoms. The normalized spacial score (nSPS) is 28.7. The van der Waals surface area contributed by atoms with E-state index in [1.54, 1.807) is 0 Å². The van der Waals surface area contributed by atoms with Crippen molar-refractivity contribution in [1.29, 1.82) is 0 Å². The molecule has 3 rings (SSSR count). The van der Waals surface area contributed by atoms with Crippen LogP contribution in [-0.2, 0) is 6.42 Å². The van der Waals surface area contributed by atoms with Crippen LogP contribution in [0.3, 0.4) is 0 Å². The molecule has 0 heteroatoms. The highest BCUT2D eigenvalue weighted by molar-refractivity contribution is 5.38. The van der Waals surface area contributed by atoms with Gasteiger partial charge in [-0.25, -0.2) is 0 Å². The van der Waals surface area contributed by atoms with Crippen LogP contribution in [0, 0.1) is 35.5 Å². The van der Waals surface area contributed by atoms with Crippen LogP contribution in [0.25, 0.3) is 0 Å². The first kappa shape index (κ1) is 20.3. The predicted octanol–water partition coefficient (Wildman–Crippen LogP) is 7.57. The van der Waals surface area contributed by atoms with Gasteiger partial charge in [0.1, 0.15) is 0 Å². The maximum atomic E-state index is 3.29. The summed E-state index contributed by atoms with van der Waals surface area (Å²) >= 11 is 0. The van der Waals surface area contributed by atoms with Crippen LogP contribution in [-0.4, -0.2) is 0 Å². The van der Waals surface area contributed by atoms with Crippen LogP contribution in [0.1, 0.15) is 89.2 Å². The Labute approximate surface area is 167 Å². The summed E-state index contributed by atoms with van der Waals surface area (Å²) in [5, 5.41) is 0. The summed E-state index contributed by atoms with van der Waals surface area (Å²) in [6.45, 7) is 4.59. The summed E-state index contributed by atoms with van der Waals surface area (Å²) in [6, 6.07) is 8.74. The van der Waals surface area contributed by atoms with Gasteiger partial charge in [0, 0.05) is 5.56 Å². The molecular formula is C27H38. The van der Waals surface area contributed by atoms with Crippen molar-refractivity contribution < 1.29 is 0 Å². The van der Waals surface area contributed by atoms with Crippen LogP contribution in [0.5, 0.6) is 0 Å². The molecule has 0 aromatic heterocycles. The van der Waals surface area contributed by atoms with E-state index < -0.39 is 0 Å². The van der Waals surface area contributed by atoms with Crippen molar-refractivity contribution in [2.24, 2.45) is 23.7 Å². The zero-order valence-corrected chi connectivity index (χ0v) is 17.6. The second-order valence-corrected chi connectivity index (χ2v) is 8.94. The standard InChI is InChI=1S/C27H38/c1-3-7-23-10-12-24(13-11-23)8-5-6-9-25-16-20-27(21-17-25)26-18-14-22(4-2)15-19-26/h6,9-13,22,25-27H,3-4,7,14-21H2,1-2H3/t22-,25-,26-,27-. The monoisotopic (exact) mass is 362 g/mol. The van der Waals surface area contributed by atoms with E-state index in [2.05, 4.69) is 62.1 Å². The van der Waals surface area contributed by atoms with Crippen molar-refractivity contribution in [2.45, 2.75) is 84.5 Å². The lowest BCUT2D eigenvalue weighted by Gasteiger charge is -2.37. The highest BCUT2D eigenvalue weighted by Gasteiger charge is 2.29. The highest BCUT2D eigenvalue weighted by Crippen LogP contribution is 2.42. The van der Waals surface area contributed by atoms with Crippen LogP contribution in [0.2, 0.25) is 0 Å². The molecule has 2 aliphatic rings. The SMILES string of the molecule is CCCc1ccc(C#CC=C[C@H]2CC[C@H]([C@H]3CC[C@H](CC)CC3)CC2)cc1. The number of aryl methyl sites for hydroxylation is 1. The number of hydrogen-bond donors (Lipinski definition) is 0. The second-order valence-electron chi connectivity index (χ2n) is 8.94. The third-order valence-corrected chi connectivity index (χ3v) is 7.11. The molecule has 2 saturated carbocycles. The van der Waals surface area contributed by atoms with Gasteiger partial charge in [0.25, 0.3) is 0 Å². The Morgan fingerprint density at radius 3 is 2.07 bits per heavy atom. The molecule has 0 saturated heterocycles. The van der Waals surface area contributed by atoms with Crippen molar-refractivity contribution in [3.8, 4) is 11.8 Å². The molecule has 1 aromatic carbocycles. The van der Waals surface area contributed by atoms with Crippen LogP contribution < -0.4 is 0 Å². The minimum absolute atomic E-state index is 0.759. The lowest BCUT2D eigenvalue weighted by molar-refractivity contribution is 0.154. The van der Waals surface area contributed by atoms with E-state index in [0.29, 0.717) is 0 Å².